The van der Waals surface area contributed by atoms with Crippen molar-refractivity contribution in [3.8, 4) is 0 Å². The predicted molar refractivity (Wildman–Crippen MR) is 109 cm³/mol. The first-order valence-corrected chi connectivity index (χ1v) is 9.24. The summed E-state index contributed by atoms with van der Waals surface area (Å²) in [4.78, 5) is 26.6. The summed E-state index contributed by atoms with van der Waals surface area (Å²) in [6.45, 7) is 6.95. The number of hydrogen-bond donors (Lipinski definition) is 4. The molecule has 0 aliphatic heterocycles. The van der Waals surface area contributed by atoms with E-state index >= 15 is 0 Å². The standard InChI is InChI=1S/C22H26N2O4/c1-21(2,11-25)23-15-9-10-16(24-22(3,4)12-26)18-17(15)19(27)13-7-5-6-8-14(13)20(18)28/h5-10,23-26H,11-12H2,1-4H3. The Morgan fingerprint density at radius 3 is 1.39 bits per heavy atom. The molecule has 2 aromatic rings. The number of aliphatic hydroxyl groups excluding tert-OH is 2. The minimum atomic E-state index is -0.673. The van der Waals surface area contributed by atoms with Gasteiger partial charge in [-0.3, -0.25) is 9.59 Å². The molecule has 0 aromatic heterocycles. The fourth-order valence-electron chi connectivity index (χ4n) is 3.24. The Bertz CT molecular complexity index is 872. The average molecular weight is 382 g/mol. The lowest BCUT2D eigenvalue weighted by Crippen LogP contribution is -2.38. The van der Waals surface area contributed by atoms with Crippen LogP contribution in [0.5, 0.6) is 0 Å². The fourth-order valence-corrected chi connectivity index (χ4v) is 3.24. The van der Waals surface area contributed by atoms with Gasteiger partial charge in [-0.15, -0.1) is 0 Å². The predicted octanol–water partition coefficient (Wildman–Crippen LogP) is 2.83. The van der Waals surface area contributed by atoms with Crippen molar-refractivity contribution in [2.75, 3.05) is 23.8 Å². The van der Waals surface area contributed by atoms with E-state index in [0.29, 0.717) is 22.5 Å². The van der Waals surface area contributed by atoms with Crippen LogP contribution in [0.1, 0.15) is 59.5 Å². The molecule has 3 rings (SSSR count). The maximum atomic E-state index is 13.3. The third kappa shape index (κ3) is 3.53. The quantitative estimate of drug-likeness (QED) is 0.523. The number of benzene rings is 2. The maximum Gasteiger partial charge on any atom is 0.196 e. The topological polar surface area (TPSA) is 98.7 Å². The van der Waals surface area contributed by atoms with Crippen LogP contribution >= 0.6 is 0 Å². The first-order chi connectivity index (χ1) is 13.1. The van der Waals surface area contributed by atoms with Gasteiger partial charge in [-0.05, 0) is 39.8 Å². The molecule has 0 spiro atoms. The molecule has 0 fully saturated rings. The second kappa shape index (κ2) is 7.04. The molecule has 0 saturated carbocycles. The van der Waals surface area contributed by atoms with Gasteiger partial charge in [0.2, 0.25) is 0 Å². The SMILES string of the molecule is CC(C)(CO)Nc1ccc(NC(C)(C)CO)c2c1C(=O)c1ccccc1C2=O. The van der Waals surface area contributed by atoms with E-state index in [1.54, 1.807) is 36.4 Å². The summed E-state index contributed by atoms with van der Waals surface area (Å²) in [5.74, 6) is -0.487. The first kappa shape index (κ1) is 20.0. The summed E-state index contributed by atoms with van der Waals surface area (Å²) < 4.78 is 0. The van der Waals surface area contributed by atoms with Gasteiger partial charge >= 0.3 is 0 Å². The van der Waals surface area contributed by atoms with Gasteiger partial charge in [0, 0.05) is 22.5 Å². The van der Waals surface area contributed by atoms with Crippen molar-refractivity contribution in [3.05, 3.63) is 58.7 Å². The Morgan fingerprint density at radius 2 is 1.07 bits per heavy atom. The molecule has 2 aromatic carbocycles. The summed E-state index contributed by atoms with van der Waals surface area (Å²) in [7, 11) is 0. The number of ketones is 2. The summed E-state index contributed by atoms with van der Waals surface area (Å²) in [6.07, 6.45) is 0. The van der Waals surface area contributed by atoms with E-state index in [-0.39, 0.29) is 35.9 Å². The number of hydrogen-bond acceptors (Lipinski definition) is 6. The number of carbonyl (C=O) groups is 2. The van der Waals surface area contributed by atoms with Crippen LogP contribution in [0.3, 0.4) is 0 Å². The Hall–Kier alpha value is -2.70. The highest BCUT2D eigenvalue weighted by atomic mass is 16.3. The maximum absolute atomic E-state index is 13.3. The van der Waals surface area contributed by atoms with E-state index in [1.807, 2.05) is 27.7 Å². The molecule has 28 heavy (non-hydrogen) atoms. The zero-order chi connectivity index (χ0) is 20.7. The van der Waals surface area contributed by atoms with Crippen molar-refractivity contribution in [3.63, 3.8) is 0 Å². The Kier molecular flexibility index (Phi) is 5.04. The number of nitrogens with one attached hydrogen (secondary N) is 2. The molecule has 6 nitrogen and oxygen atoms in total. The van der Waals surface area contributed by atoms with Crippen LogP contribution in [0.25, 0.3) is 0 Å². The van der Waals surface area contributed by atoms with Gasteiger partial charge in [0.15, 0.2) is 11.6 Å². The zero-order valence-corrected chi connectivity index (χ0v) is 16.6. The van der Waals surface area contributed by atoms with Gasteiger partial charge in [0.25, 0.3) is 0 Å². The summed E-state index contributed by atoms with van der Waals surface area (Å²) in [5, 5.41) is 25.6. The number of anilines is 2. The Balaban J connectivity index is 2.24. The molecule has 0 atom stereocenters. The molecule has 4 N–H and O–H groups in total. The van der Waals surface area contributed by atoms with Crippen molar-refractivity contribution in [1.82, 2.24) is 0 Å². The van der Waals surface area contributed by atoms with Crippen molar-refractivity contribution >= 4 is 22.9 Å². The van der Waals surface area contributed by atoms with E-state index in [0.717, 1.165) is 0 Å². The van der Waals surface area contributed by atoms with Crippen LogP contribution in [-0.4, -0.2) is 46.1 Å². The van der Waals surface area contributed by atoms with Crippen molar-refractivity contribution in [1.29, 1.82) is 0 Å². The van der Waals surface area contributed by atoms with Crippen molar-refractivity contribution in [2.24, 2.45) is 0 Å². The molecule has 148 valence electrons. The highest BCUT2D eigenvalue weighted by molar-refractivity contribution is 6.31. The monoisotopic (exact) mass is 382 g/mol. The van der Waals surface area contributed by atoms with E-state index < -0.39 is 11.1 Å². The van der Waals surface area contributed by atoms with Gasteiger partial charge in [0.05, 0.1) is 35.4 Å². The van der Waals surface area contributed by atoms with Crippen LogP contribution < -0.4 is 10.6 Å². The second-order valence-electron chi connectivity index (χ2n) is 8.45. The number of rotatable bonds is 6. The van der Waals surface area contributed by atoms with E-state index in [1.165, 1.54) is 0 Å². The fraction of sp³-hybridized carbons (Fsp3) is 0.364. The smallest absolute Gasteiger partial charge is 0.196 e. The largest absolute Gasteiger partial charge is 0.394 e. The first-order valence-electron chi connectivity index (χ1n) is 9.24. The van der Waals surface area contributed by atoms with E-state index in [9.17, 15) is 19.8 Å². The van der Waals surface area contributed by atoms with Gasteiger partial charge in [-0.1, -0.05) is 24.3 Å². The minimum absolute atomic E-state index is 0.141. The van der Waals surface area contributed by atoms with Gasteiger partial charge in [-0.25, -0.2) is 0 Å². The summed E-state index contributed by atoms with van der Waals surface area (Å²) >= 11 is 0. The van der Waals surface area contributed by atoms with Crippen LogP contribution in [0.2, 0.25) is 0 Å². The Labute approximate surface area is 164 Å². The molecule has 0 saturated heterocycles. The van der Waals surface area contributed by atoms with Crippen LogP contribution in [0.15, 0.2) is 36.4 Å². The lowest BCUT2D eigenvalue weighted by Gasteiger charge is -2.31. The molecular weight excluding hydrogens is 356 g/mol. The lowest BCUT2D eigenvalue weighted by molar-refractivity contribution is 0.0980. The summed E-state index contributed by atoms with van der Waals surface area (Å²) in [5.41, 5.74) is 0.934. The molecule has 6 heteroatoms. The van der Waals surface area contributed by atoms with E-state index in [2.05, 4.69) is 10.6 Å². The minimum Gasteiger partial charge on any atom is -0.394 e. The number of fused-ring (bicyclic) bond motifs is 2. The molecule has 1 aliphatic rings. The molecule has 0 radical (unpaired) electrons. The van der Waals surface area contributed by atoms with Crippen molar-refractivity contribution in [2.45, 2.75) is 38.8 Å². The van der Waals surface area contributed by atoms with E-state index in [4.69, 9.17) is 0 Å². The van der Waals surface area contributed by atoms with Gasteiger partial charge < -0.3 is 20.8 Å². The number of aliphatic hydroxyl groups is 2. The van der Waals surface area contributed by atoms with Gasteiger partial charge in [-0.2, -0.15) is 0 Å². The van der Waals surface area contributed by atoms with Crippen LogP contribution in [-0.2, 0) is 0 Å². The average Bonchev–Trinajstić information content (AvgIpc) is 2.66. The molecule has 0 amide bonds. The Morgan fingerprint density at radius 1 is 0.714 bits per heavy atom. The van der Waals surface area contributed by atoms with Crippen LogP contribution in [0, 0.1) is 0 Å². The molecular formula is C22H26N2O4. The third-order valence-corrected chi connectivity index (χ3v) is 4.81. The highest BCUT2D eigenvalue weighted by Crippen LogP contribution is 2.38. The highest BCUT2D eigenvalue weighted by Gasteiger charge is 2.35. The van der Waals surface area contributed by atoms with Crippen molar-refractivity contribution < 1.29 is 19.8 Å². The normalized spacial score (nSPS) is 13.8. The molecule has 0 bridgehead atoms. The molecule has 0 heterocycles. The molecule has 1 aliphatic carbocycles. The zero-order valence-electron chi connectivity index (χ0n) is 16.6. The molecule has 0 unspecified atom stereocenters. The van der Waals surface area contributed by atoms with Gasteiger partial charge in [0.1, 0.15) is 0 Å². The third-order valence-electron chi connectivity index (χ3n) is 4.81. The second-order valence-corrected chi connectivity index (χ2v) is 8.45. The van der Waals surface area contributed by atoms with Crippen LogP contribution in [0.4, 0.5) is 11.4 Å². The number of carbonyl (C=O) groups excluding carboxylic acids is 2. The lowest BCUT2D eigenvalue weighted by atomic mass is 9.81. The summed E-state index contributed by atoms with van der Waals surface area (Å²) in [6, 6.07) is 10.2.